The van der Waals surface area contributed by atoms with Crippen LogP contribution in [0.4, 0.5) is 0 Å². The van der Waals surface area contributed by atoms with Crippen molar-refractivity contribution in [2.75, 3.05) is 67.6 Å². The second kappa shape index (κ2) is 13.7. The van der Waals surface area contributed by atoms with Gasteiger partial charge >= 0.3 is 0 Å². The monoisotopic (exact) mass is 557 g/mol. The number of benzene rings is 1. The molecule has 0 radical (unpaired) electrons. The first-order valence-electron chi connectivity index (χ1n) is 10.7. The van der Waals surface area contributed by atoms with Crippen molar-refractivity contribution in [2.24, 2.45) is 4.99 Å². The number of hydrogen-bond donors (Lipinski definition) is 2. The molecular weight excluding hydrogens is 521 g/mol. The summed E-state index contributed by atoms with van der Waals surface area (Å²) < 4.78 is 16.5. The number of furan rings is 1. The molecule has 1 saturated heterocycles. The van der Waals surface area contributed by atoms with Gasteiger partial charge in [-0.15, -0.1) is 24.0 Å². The van der Waals surface area contributed by atoms with Crippen molar-refractivity contribution in [3.8, 4) is 5.75 Å². The molecule has 1 aromatic heterocycles. The van der Waals surface area contributed by atoms with E-state index in [2.05, 4.69) is 37.6 Å². The Labute approximate surface area is 208 Å². The van der Waals surface area contributed by atoms with Gasteiger partial charge in [-0.1, -0.05) is 12.1 Å². The van der Waals surface area contributed by atoms with Crippen LogP contribution < -0.4 is 15.4 Å². The fourth-order valence-electron chi connectivity index (χ4n) is 3.80. The van der Waals surface area contributed by atoms with Gasteiger partial charge in [-0.2, -0.15) is 0 Å². The molecule has 8 nitrogen and oxygen atoms in total. The fraction of sp³-hybridized carbons (Fsp3) is 0.522. The molecule has 0 bridgehead atoms. The van der Waals surface area contributed by atoms with Crippen LogP contribution in [0, 0.1) is 0 Å². The van der Waals surface area contributed by atoms with E-state index in [4.69, 9.17) is 13.9 Å². The fourth-order valence-corrected chi connectivity index (χ4v) is 3.80. The van der Waals surface area contributed by atoms with Crippen LogP contribution in [-0.2, 0) is 4.74 Å². The van der Waals surface area contributed by atoms with E-state index in [1.54, 1.807) is 20.4 Å². The zero-order chi connectivity index (χ0) is 22.1. The lowest BCUT2D eigenvalue weighted by atomic mass is 10.0. The number of likely N-dealkylation sites (N-methyl/N-ethyl adjacent to an activating group) is 1. The first-order valence-corrected chi connectivity index (χ1v) is 10.7. The van der Waals surface area contributed by atoms with Crippen LogP contribution in [0.3, 0.4) is 0 Å². The molecule has 1 fully saturated rings. The standard InChI is InChI=1S/C23H35N5O3.HI/c1-24-23(26-17-21(27(2)3)22-6-5-13-31-22)25-16-20(28-11-14-30-15-12-28)18-7-9-19(29-4)10-8-18;/h5-10,13,20-21H,11-12,14-17H2,1-4H3,(H2,24,25,26);1H. The topological polar surface area (TPSA) is 74.5 Å². The normalized spacial score (nSPS) is 16.8. The van der Waals surface area contributed by atoms with E-state index in [1.807, 2.05) is 38.4 Å². The summed E-state index contributed by atoms with van der Waals surface area (Å²) in [4.78, 5) is 9.01. The average molecular weight is 557 g/mol. The van der Waals surface area contributed by atoms with Gasteiger partial charge in [0.25, 0.3) is 0 Å². The van der Waals surface area contributed by atoms with Gasteiger partial charge in [-0.3, -0.25) is 14.8 Å². The molecule has 2 N–H and O–H groups in total. The summed E-state index contributed by atoms with van der Waals surface area (Å²) >= 11 is 0. The highest BCUT2D eigenvalue weighted by Crippen LogP contribution is 2.24. The molecule has 9 heteroatoms. The lowest BCUT2D eigenvalue weighted by Crippen LogP contribution is -2.47. The number of halogens is 1. The van der Waals surface area contributed by atoms with Crippen LogP contribution in [-0.4, -0.2) is 83.4 Å². The maximum absolute atomic E-state index is 5.61. The zero-order valence-electron chi connectivity index (χ0n) is 19.4. The van der Waals surface area contributed by atoms with Gasteiger partial charge in [0, 0.05) is 33.2 Å². The van der Waals surface area contributed by atoms with Gasteiger partial charge in [-0.05, 0) is 43.9 Å². The summed E-state index contributed by atoms with van der Waals surface area (Å²) in [6.07, 6.45) is 1.71. The van der Waals surface area contributed by atoms with Gasteiger partial charge in [0.05, 0.1) is 38.7 Å². The van der Waals surface area contributed by atoms with Crippen LogP contribution in [0.5, 0.6) is 5.75 Å². The first kappa shape index (κ1) is 26.4. The maximum Gasteiger partial charge on any atom is 0.191 e. The largest absolute Gasteiger partial charge is 0.497 e. The minimum Gasteiger partial charge on any atom is -0.497 e. The van der Waals surface area contributed by atoms with E-state index in [-0.39, 0.29) is 36.1 Å². The lowest BCUT2D eigenvalue weighted by molar-refractivity contribution is 0.0170. The Morgan fingerprint density at radius 2 is 1.81 bits per heavy atom. The summed E-state index contributed by atoms with van der Waals surface area (Å²) in [5.74, 6) is 2.56. The van der Waals surface area contributed by atoms with Gasteiger partial charge in [0.15, 0.2) is 5.96 Å². The molecule has 2 atom stereocenters. The van der Waals surface area contributed by atoms with Crippen molar-refractivity contribution >= 4 is 29.9 Å². The molecule has 1 aliphatic rings. The predicted octanol–water partition coefficient (Wildman–Crippen LogP) is 2.75. The van der Waals surface area contributed by atoms with E-state index in [0.717, 1.165) is 50.3 Å². The van der Waals surface area contributed by atoms with E-state index < -0.39 is 0 Å². The third kappa shape index (κ3) is 7.36. The van der Waals surface area contributed by atoms with E-state index >= 15 is 0 Å². The summed E-state index contributed by atoms with van der Waals surface area (Å²) in [5.41, 5.74) is 1.24. The second-order valence-corrected chi connectivity index (χ2v) is 7.77. The highest BCUT2D eigenvalue weighted by molar-refractivity contribution is 14.0. The molecular formula is C23H36IN5O3. The van der Waals surface area contributed by atoms with Gasteiger partial charge in [-0.25, -0.2) is 0 Å². The smallest absolute Gasteiger partial charge is 0.191 e. The van der Waals surface area contributed by atoms with Crippen molar-refractivity contribution in [3.05, 3.63) is 54.0 Å². The van der Waals surface area contributed by atoms with Crippen LogP contribution >= 0.6 is 24.0 Å². The second-order valence-electron chi connectivity index (χ2n) is 7.77. The third-order valence-corrected chi connectivity index (χ3v) is 5.63. The number of methoxy groups -OCH3 is 1. The zero-order valence-corrected chi connectivity index (χ0v) is 21.7. The molecule has 178 valence electrons. The number of nitrogens with one attached hydrogen (secondary N) is 2. The summed E-state index contributed by atoms with van der Waals surface area (Å²) in [7, 11) is 7.58. The van der Waals surface area contributed by atoms with Gasteiger partial charge in [0.2, 0.25) is 0 Å². The van der Waals surface area contributed by atoms with E-state index in [1.165, 1.54) is 5.56 Å². The number of ether oxygens (including phenoxy) is 2. The number of hydrogen-bond acceptors (Lipinski definition) is 6. The third-order valence-electron chi connectivity index (χ3n) is 5.63. The number of morpholine rings is 1. The van der Waals surface area contributed by atoms with Crippen molar-refractivity contribution in [3.63, 3.8) is 0 Å². The van der Waals surface area contributed by atoms with Gasteiger partial charge in [0.1, 0.15) is 11.5 Å². The Morgan fingerprint density at radius 3 is 2.38 bits per heavy atom. The summed E-state index contributed by atoms with van der Waals surface area (Å²) in [5, 5.41) is 6.95. The van der Waals surface area contributed by atoms with Crippen LogP contribution in [0.1, 0.15) is 23.4 Å². The SMILES string of the molecule is CN=C(NCC(c1ccco1)N(C)C)NCC(c1ccc(OC)cc1)N1CCOCC1.I. The molecule has 0 amide bonds. The van der Waals surface area contributed by atoms with Crippen molar-refractivity contribution in [1.29, 1.82) is 0 Å². The summed E-state index contributed by atoms with van der Waals surface area (Å²) in [6, 6.07) is 12.5. The molecule has 2 heterocycles. The highest BCUT2D eigenvalue weighted by Gasteiger charge is 2.23. The Kier molecular flexibility index (Phi) is 11.3. The van der Waals surface area contributed by atoms with Crippen molar-refractivity contribution < 1.29 is 13.9 Å². The highest BCUT2D eigenvalue weighted by atomic mass is 127. The van der Waals surface area contributed by atoms with Gasteiger partial charge < -0.3 is 24.5 Å². The minimum atomic E-state index is 0. The summed E-state index contributed by atoms with van der Waals surface area (Å²) in [6.45, 7) is 4.75. The molecule has 0 saturated carbocycles. The van der Waals surface area contributed by atoms with Crippen molar-refractivity contribution in [2.45, 2.75) is 12.1 Å². The number of nitrogens with zero attached hydrogens (tertiary/aromatic N) is 3. The molecule has 2 aromatic rings. The quantitative estimate of drug-likeness (QED) is 0.279. The van der Waals surface area contributed by atoms with Crippen LogP contribution in [0.15, 0.2) is 52.1 Å². The Bertz CT molecular complexity index is 792. The Balaban J connectivity index is 0.00000363. The molecule has 1 aromatic carbocycles. The Hall–Kier alpha value is -1.82. The number of rotatable bonds is 9. The number of aliphatic imine (C=N–C) groups is 1. The lowest BCUT2D eigenvalue weighted by Gasteiger charge is -2.35. The molecule has 0 spiro atoms. The molecule has 0 aliphatic carbocycles. The maximum atomic E-state index is 5.61. The minimum absolute atomic E-state index is 0. The molecule has 2 unspecified atom stereocenters. The number of guanidine groups is 1. The van der Waals surface area contributed by atoms with Crippen LogP contribution in [0.25, 0.3) is 0 Å². The van der Waals surface area contributed by atoms with Crippen LogP contribution in [0.2, 0.25) is 0 Å². The Morgan fingerprint density at radius 1 is 1.12 bits per heavy atom. The van der Waals surface area contributed by atoms with Crippen molar-refractivity contribution in [1.82, 2.24) is 20.4 Å². The molecule has 1 aliphatic heterocycles. The van der Waals surface area contributed by atoms with E-state index in [0.29, 0.717) is 6.54 Å². The predicted molar refractivity (Wildman–Crippen MR) is 138 cm³/mol. The molecule has 3 rings (SSSR count). The molecule has 32 heavy (non-hydrogen) atoms. The average Bonchev–Trinajstić information content (AvgIpc) is 3.33. The first-order chi connectivity index (χ1) is 15.1. The van der Waals surface area contributed by atoms with E-state index in [9.17, 15) is 0 Å².